The standard InChI is InChI=1S/C16H22ClF3N4O2/c17-12-8-11(15(26)23-13(12)21)14(25)22-9-10-2-6-24(7-3-10)5-1-4-16(18,19)20/h8,10H,1-7,9H2,(H,22,25)(H3,21,23,26). The van der Waals surface area contributed by atoms with E-state index in [4.69, 9.17) is 17.3 Å². The fourth-order valence-corrected chi connectivity index (χ4v) is 3.09. The van der Waals surface area contributed by atoms with Crippen LogP contribution >= 0.6 is 11.6 Å². The Morgan fingerprint density at radius 1 is 1.38 bits per heavy atom. The van der Waals surface area contributed by atoms with Crippen LogP contribution < -0.4 is 16.6 Å². The number of carbonyl (C=O) groups excluding carboxylic acids is 1. The molecule has 1 aliphatic heterocycles. The van der Waals surface area contributed by atoms with Crippen molar-refractivity contribution in [2.75, 3.05) is 31.9 Å². The number of aromatic nitrogens is 1. The summed E-state index contributed by atoms with van der Waals surface area (Å²) in [5.74, 6) is -0.298. The maximum Gasteiger partial charge on any atom is 0.389 e. The molecule has 1 fully saturated rings. The number of alkyl halides is 3. The molecule has 1 saturated heterocycles. The summed E-state index contributed by atoms with van der Waals surface area (Å²) in [7, 11) is 0. The zero-order valence-electron chi connectivity index (χ0n) is 14.2. The first-order valence-corrected chi connectivity index (χ1v) is 8.79. The second-order valence-corrected chi connectivity index (χ2v) is 6.89. The summed E-state index contributed by atoms with van der Waals surface area (Å²) < 4.78 is 36.5. The number of amides is 1. The largest absolute Gasteiger partial charge is 0.389 e. The Hall–Kier alpha value is -1.74. The molecule has 0 radical (unpaired) electrons. The number of nitrogens with zero attached hydrogens (tertiary/aromatic N) is 1. The number of nitrogen functional groups attached to an aromatic ring is 1. The second kappa shape index (κ2) is 8.77. The molecule has 0 spiro atoms. The van der Waals surface area contributed by atoms with Crippen molar-refractivity contribution in [1.29, 1.82) is 0 Å². The molecule has 1 aliphatic rings. The van der Waals surface area contributed by atoms with Crippen molar-refractivity contribution < 1.29 is 18.0 Å². The highest BCUT2D eigenvalue weighted by molar-refractivity contribution is 6.33. The smallest absolute Gasteiger partial charge is 0.384 e. The predicted octanol–water partition coefficient (Wildman–Crippen LogP) is 2.39. The van der Waals surface area contributed by atoms with Gasteiger partial charge in [0.25, 0.3) is 11.5 Å². The van der Waals surface area contributed by atoms with E-state index in [9.17, 15) is 22.8 Å². The number of H-pyrrole nitrogens is 1. The van der Waals surface area contributed by atoms with Crippen molar-refractivity contribution in [2.24, 2.45) is 5.92 Å². The Kier molecular flexibility index (Phi) is 6.94. The van der Waals surface area contributed by atoms with Gasteiger partial charge >= 0.3 is 6.18 Å². The molecule has 146 valence electrons. The van der Waals surface area contributed by atoms with E-state index < -0.39 is 24.1 Å². The Balaban J connectivity index is 1.74. The topological polar surface area (TPSA) is 91.2 Å². The average Bonchev–Trinajstić information content (AvgIpc) is 2.56. The van der Waals surface area contributed by atoms with Crippen LogP contribution in [0, 0.1) is 5.92 Å². The lowest BCUT2D eigenvalue weighted by molar-refractivity contribution is -0.136. The van der Waals surface area contributed by atoms with Crippen LogP contribution in [0.5, 0.6) is 0 Å². The molecule has 0 saturated carbocycles. The van der Waals surface area contributed by atoms with Crippen LogP contribution in [0.3, 0.4) is 0 Å². The predicted molar refractivity (Wildman–Crippen MR) is 93.3 cm³/mol. The number of hydrogen-bond donors (Lipinski definition) is 3. The number of likely N-dealkylation sites (tertiary alicyclic amines) is 1. The van der Waals surface area contributed by atoms with Gasteiger partial charge in [-0.05, 0) is 50.9 Å². The van der Waals surface area contributed by atoms with E-state index in [-0.39, 0.29) is 28.7 Å². The van der Waals surface area contributed by atoms with Gasteiger partial charge in [-0.1, -0.05) is 11.6 Å². The number of nitrogens with one attached hydrogen (secondary N) is 2. The normalized spacial score (nSPS) is 16.6. The lowest BCUT2D eigenvalue weighted by atomic mass is 9.96. The first-order chi connectivity index (χ1) is 12.2. The number of rotatable bonds is 6. The quantitative estimate of drug-likeness (QED) is 0.691. The number of anilines is 1. The van der Waals surface area contributed by atoms with Crippen molar-refractivity contribution in [3.63, 3.8) is 0 Å². The number of nitrogens with two attached hydrogens (primary N) is 1. The van der Waals surface area contributed by atoms with E-state index in [1.165, 1.54) is 6.07 Å². The first kappa shape index (κ1) is 20.6. The molecule has 0 aromatic carbocycles. The molecule has 2 rings (SSSR count). The third-order valence-corrected chi connectivity index (χ3v) is 4.77. The van der Waals surface area contributed by atoms with E-state index in [1.54, 1.807) is 0 Å². The summed E-state index contributed by atoms with van der Waals surface area (Å²) in [6.45, 7) is 2.23. The molecule has 0 bridgehead atoms. The van der Waals surface area contributed by atoms with Gasteiger partial charge in [-0.3, -0.25) is 9.59 Å². The minimum Gasteiger partial charge on any atom is -0.384 e. The van der Waals surface area contributed by atoms with Crippen LogP contribution in [0.1, 0.15) is 36.0 Å². The summed E-state index contributed by atoms with van der Waals surface area (Å²) in [6.07, 6.45) is -3.20. The van der Waals surface area contributed by atoms with Crippen LogP contribution in [0.25, 0.3) is 0 Å². The van der Waals surface area contributed by atoms with Crippen LogP contribution in [0.2, 0.25) is 5.02 Å². The summed E-state index contributed by atoms with van der Waals surface area (Å²) in [5, 5.41) is 2.81. The molecule has 0 atom stereocenters. The van der Waals surface area contributed by atoms with Gasteiger partial charge in [0.05, 0.1) is 5.02 Å². The fourth-order valence-electron chi connectivity index (χ4n) is 2.94. The van der Waals surface area contributed by atoms with Gasteiger partial charge in [0.2, 0.25) is 0 Å². The first-order valence-electron chi connectivity index (χ1n) is 8.41. The minimum absolute atomic E-state index is 0.00566. The van der Waals surface area contributed by atoms with Gasteiger partial charge in [0, 0.05) is 13.0 Å². The Morgan fingerprint density at radius 3 is 2.65 bits per heavy atom. The van der Waals surface area contributed by atoms with E-state index in [2.05, 4.69) is 10.3 Å². The maximum absolute atomic E-state index is 12.2. The Labute approximate surface area is 153 Å². The molecular weight excluding hydrogens is 373 g/mol. The van der Waals surface area contributed by atoms with Crippen molar-refractivity contribution in [1.82, 2.24) is 15.2 Å². The second-order valence-electron chi connectivity index (χ2n) is 6.49. The summed E-state index contributed by atoms with van der Waals surface area (Å²) in [6, 6.07) is 1.23. The number of pyridine rings is 1. The number of hydrogen-bond acceptors (Lipinski definition) is 4. The molecule has 0 unspecified atom stereocenters. The van der Waals surface area contributed by atoms with Gasteiger partial charge in [0.1, 0.15) is 11.4 Å². The third kappa shape index (κ3) is 6.21. The maximum atomic E-state index is 12.2. The van der Waals surface area contributed by atoms with Gasteiger partial charge in [-0.25, -0.2) is 0 Å². The van der Waals surface area contributed by atoms with Gasteiger partial charge in [0.15, 0.2) is 0 Å². The molecule has 1 amide bonds. The minimum atomic E-state index is -4.11. The highest BCUT2D eigenvalue weighted by Gasteiger charge is 2.27. The monoisotopic (exact) mass is 394 g/mol. The zero-order chi connectivity index (χ0) is 19.3. The molecule has 26 heavy (non-hydrogen) atoms. The van der Waals surface area contributed by atoms with Crippen LogP contribution in [0.15, 0.2) is 10.9 Å². The van der Waals surface area contributed by atoms with E-state index >= 15 is 0 Å². The lowest BCUT2D eigenvalue weighted by Crippen LogP contribution is -2.40. The van der Waals surface area contributed by atoms with Crippen molar-refractivity contribution >= 4 is 23.3 Å². The number of aromatic amines is 1. The molecule has 1 aromatic heterocycles. The lowest BCUT2D eigenvalue weighted by Gasteiger charge is -2.32. The molecule has 2 heterocycles. The van der Waals surface area contributed by atoms with Gasteiger partial charge in [-0.15, -0.1) is 0 Å². The van der Waals surface area contributed by atoms with Crippen molar-refractivity contribution in [3.8, 4) is 0 Å². The highest BCUT2D eigenvalue weighted by Crippen LogP contribution is 2.23. The summed E-state index contributed by atoms with van der Waals surface area (Å²) in [5.41, 5.74) is 4.76. The molecule has 0 aliphatic carbocycles. The SMILES string of the molecule is Nc1[nH]c(=O)c(C(=O)NCC2CCN(CCCC(F)(F)F)CC2)cc1Cl. The number of carbonyl (C=O) groups is 1. The third-order valence-electron chi connectivity index (χ3n) is 4.46. The van der Waals surface area contributed by atoms with Crippen molar-refractivity contribution in [3.05, 3.63) is 27.0 Å². The molecule has 10 heteroatoms. The van der Waals surface area contributed by atoms with Gasteiger partial charge in [-0.2, -0.15) is 13.2 Å². The van der Waals surface area contributed by atoms with Crippen LogP contribution in [0.4, 0.5) is 19.0 Å². The van der Waals surface area contributed by atoms with Gasteiger partial charge < -0.3 is 20.9 Å². The van der Waals surface area contributed by atoms with E-state index in [0.29, 0.717) is 26.2 Å². The van der Waals surface area contributed by atoms with E-state index in [1.807, 2.05) is 4.90 Å². The average molecular weight is 395 g/mol. The molecule has 1 aromatic rings. The Bertz CT molecular complexity index is 685. The molecule has 6 nitrogen and oxygen atoms in total. The van der Waals surface area contributed by atoms with Crippen molar-refractivity contribution in [2.45, 2.75) is 31.9 Å². The number of halogens is 4. The number of piperidine rings is 1. The summed E-state index contributed by atoms with van der Waals surface area (Å²) >= 11 is 5.81. The fraction of sp³-hybridized carbons (Fsp3) is 0.625. The van der Waals surface area contributed by atoms with E-state index in [0.717, 1.165) is 12.8 Å². The highest BCUT2D eigenvalue weighted by atomic mass is 35.5. The van der Waals surface area contributed by atoms with Crippen LogP contribution in [-0.2, 0) is 0 Å². The molecule has 4 N–H and O–H groups in total. The Morgan fingerprint density at radius 2 is 2.04 bits per heavy atom. The molecular formula is C16H22ClF3N4O2. The zero-order valence-corrected chi connectivity index (χ0v) is 14.9. The summed E-state index contributed by atoms with van der Waals surface area (Å²) in [4.78, 5) is 28.2. The van der Waals surface area contributed by atoms with Crippen LogP contribution in [-0.4, -0.2) is 48.1 Å².